The van der Waals surface area contributed by atoms with Crippen LogP contribution in [0.15, 0.2) is 42.6 Å². The average Bonchev–Trinajstić information content (AvgIpc) is 2.72. The van der Waals surface area contributed by atoms with Gasteiger partial charge in [0.1, 0.15) is 0 Å². The van der Waals surface area contributed by atoms with E-state index in [9.17, 15) is 5.26 Å². The van der Waals surface area contributed by atoms with Gasteiger partial charge >= 0.3 is 0 Å². The van der Waals surface area contributed by atoms with Gasteiger partial charge in [-0.2, -0.15) is 5.26 Å². The summed E-state index contributed by atoms with van der Waals surface area (Å²) in [6.45, 7) is 4.10. The SMILES string of the molecule is N#Cc1cccc(-c2cc3c(c(NCC4CCNCC4)c2)CNC=C3)c1. The second kappa shape index (κ2) is 7.63. The summed E-state index contributed by atoms with van der Waals surface area (Å²) < 4.78 is 0. The number of fused-ring (bicyclic) bond motifs is 1. The van der Waals surface area contributed by atoms with Crippen LogP contribution in [0.2, 0.25) is 0 Å². The Morgan fingerprint density at radius 1 is 1.12 bits per heavy atom. The number of nitriles is 1. The second-order valence-corrected chi connectivity index (χ2v) is 7.07. The van der Waals surface area contributed by atoms with Crippen LogP contribution >= 0.6 is 0 Å². The second-order valence-electron chi connectivity index (χ2n) is 7.07. The van der Waals surface area contributed by atoms with Crippen LogP contribution in [0.4, 0.5) is 5.69 Å². The van der Waals surface area contributed by atoms with Gasteiger partial charge in [-0.1, -0.05) is 12.1 Å². The van der Waals surface area contributed by atoms with Gasteiger partial charge in [-0.05, 0) is 85.1 Å². The van der Waals surface area contributed by atoms with Gasteiger partial charge in [-0.15, -0.1) is 0 Å². The van der Waals surface area contributed by atoms with Gasteiger partial charge in [0, 0.05) is 24.3 Å². The molecule has 0 bridgehead atoms. The van der Waals surface area contributed by atoms with Crippen LogP contribution in [0.1, 0.15) is 29.5 Å². The third kappa shape index (κ3) is 3.58. The van der Waals surface area contributed by atoms with Gasteiger partial charge in [-0.25, -0.2) is 0 Å². The maximum absolute atomic E-state index is 9.20. The highest BCUT2D eigenvalue weighted by Crippen LogP contribution is 2.32. The fraction of sp³-hybridized carbons (Fsp3) is 0.318. The molecular formula is C22H24N4. The molecule has 0 aromatic heterocycles. The summed E-state index contributed by atoms with van der Waals surface area (Å²) >= 11 is 0. The van der Waals surface area contributed by atoms with E-state index in [1.807, 2.05) is 24.4 Å². The largest absolute Gasteiger partial charge is 0.387 e. The molecule has 2 aromatic rings. The minimum absolute atomic E-state index is 0.696. The van der Waals surface area contributed by atoms with Crippen LogP contribution in [0.3, 0.4) is 0 Å². The number of hydrogen-bond donors (Lipinski definition) is 3. The highest BCUT2D eigenvalue weighted by molar-refractivity contribution is 5.77. The zero-order chi connectivity index (χ0) is 17.8. The Labute approximate surface area is 154 Å². The smallest absolute Gasteiger partial charge is 0.0991 e. The highest BCUT2D eigenvalue weighted by Gasteiger charge is 2.16. The average molecular weight is 344 g/mol. The third-order valence-electron chi connectivity index (χ3n) is 5.31. The number of anilines is 1. The Balaban J connectivity index is 1.65. The van der Waals surface area contributed by atoms with Gasteiger partial charge in [0.2, 0.25) is 0 Å². The molecule has 1 saturated heterocycles. The molecule has 4 nitrogen and oxygen atoms in total. The van der Waals surface area contributed by atoms with Crippen molar-refractivity contribution in [3.63, 3.8) is 0 Å². The number of nitrogens with one attached hydrogen (secondary N) is 3. The molecule has 3 N–H and O–H groups in total. The lowest BCUT2D eigenvalue weighted by Gasteiger charge is -2.25. The van der Waals surface area contributed by atoms with Crippen molar-refractivity contribution < 1.29 is 0 Å². The van der Waals surface area contributed by atoms with E-state index in [1.165, 1.54) is 29.7 Å². The van der Waals surface area contributed by atoms with Crippen LogP contribution < -0.4 is 16.0 Å². The van der Waals surface area contributed by atoms with Crippen molar-refractivity contribution in [1.82, 2.24) is 10.6 Å². The Morgan fingerprint density at radius 2 is 2.00 bits per heavy atom. The zero-order valence-corrected chi connectivity index (χ0v) is 14.9. The van der Waals surface area contributed by atoms with Gasteiger partial charge in [-0.3, -0.25) is 0 Å². The Kier molecular flexibility index (Phi) is 4.90. The van der Waals surface area contributed by atoms with Crippen molar-refractivity contribution in [1.29, 1.82) is 5.26 Å². The maximum Gasteiger partial charge on any atom is 0.0991 e. The van der Waals surface area contributed by atoms with E-state index >= 15 is 0 Å². The molecule has 2 aromatic carbocycles. The molecule has 0 amide bonds. The van der Waals surface area contributed by atoms with Crippen molar-refractivity contribution in [2.24, 2.45) is 5.92 Å². The molecule has 0 atom stereocenters. The zero-order valence-electron chi connectivity index (χ0n) is 14.9. The first kappa shape index (κ1) is 16.7. The van der Waals surface area contributed by atoms with Crippen LogP contribution in [0, 0.1) is 17.2 Å². The van der Waals surface area contributed by atoms with Gasteiger partial charge < -0.3 is 16.0 Å². The number of piperidine rings is 1. The third-order valence-corrected chi connectivity index (χ3v) is 5.31. The van der Waals surface area contributed by atoms with E-state index in [0.717, 1.165) is 43.2 Å². The van der Waals surface area contributed by atoms with Crippen molar-refractivity contribution >= 4 is 11.8 Å². The summed E-state index contributed by atoms with van der Waals surface area (Å²) in [5.74, 6) is 0.726. The summed E-state index contributed by atoms with van der Waals surface area (Å²) in [7, 11) is 0. The Hall–Kier alpha value is -2.77. The summed E-state index contributed by atoms with van der Waals surface area (Å²) in [5, 5.41) is 19.7. The summed E-state index contributed by atoms with van der Waals surface area (Å²) in [6.07, 6.45) is 6.61. The minimum atomic E-state index is 0.696. The molecule has 0 saturated carbocycles. The first-order valence-electron chi connectivity index (χ1n) is 9.35. The molecule has 2 aliphatic rings. The van der Waals surface area contributed by atoms with Crippen molar-refractivity contribution in [2.75, 3.05) is 25.0 Å². The van der Waals surface area contributed by atoms with Crippen molar-refractivity contribution in [3.05, 3.63) is 59.3 Å². The van der Waals surface area contributed by atoms with E-state index in [0.29, 0.717) is 5.56 Å². The molecular weight excluding hydrogens is 320 g/mol. The van der Waals surface area contributed by atoms with E-state index in [2.05, 4.69) is 46.3 Å². The quantitative estimate of drug-likeness (QED) is 0.791. The van der Waals surface area contributed by atoms with Crippen molar-refractivity contribution in [3.8, 4) is 17.2 Å². The molecule has 0 spiro atoms. The van der Waals surface area contributed by atoms with Gasteiger partial charge in [0.05, 0.1) is 11.6 Å². The highest BCUT2D eigenvalue weighted by atomic mass is 14.9. The molecule has 2 heterocycles. The van der Waals surface area contributed by atoms with Gasteiger partial charge in [0.15, 0.2) is 0 Å². The summed E-state index contributed by atoms with van der Waals surface area (Å²) in [6, 6.07) is 14.5. The normalized spacial score (nSPS) is 16.4. The van der Waals surface area contributed by atoms with Crippen LogP contribution in [-0.4, -0.2) is 19.6 Å². The molecule has 2 aliphatic heterocycles. The van der Waals surface area contributed by atoms with Crippen LogP contribution in [-0.2, 0) is 6.54 Å². The van der Waals surface area contributed by atoms with E-state index < -0.39 is 0 Å². The lowest BCUT2D eigenvalue weighted by atomic mass is 9.94. The fourth-order valence-corrected chi connectivity index (χ4v) is 3.78. The lowest BCUT2D eigenvalue weighted by Crippen LogP contribution is -2.31. The lowest BCUT2D eigenvalue weighted by molar-refractivity contribution is 0.390. The molecule has 4 rings (SSSR count). The van der Waals surface area contributed by atoms with Crippen molar-refractivity contribution in [2.45, 2.75) is 19.4 Å². The summed E-state index contributed by atoms with van der Waals surface area (Å²) in [4.78, 5) is 0. The molecule has 0 unspecified atom stereocenters. The van der Waals surface area contributed by atoms with E-state index in [4.69, 9.17) is 0 Å². The Morgan fingerprint density at radius 3 is 2.85 bits per heavy atom. The topological polar surface area (TPSA) is 59.9 Å². The van der Waals surface area contributed by atoms with Crippen LogP contribution in [0.5, 0.6) is 0 Å². The monoisotopic (exact) mass is 344 g/mol. The van der Waals surface area contributed by atoms with Crippen LogP contribution in [0.25, 0.3) is 17.2 Å². The number of benzene rings is 2. The molecule has 0 aliphatic carbocycles. The van der Waals surface area contributed by atoms with Gasteiger partial charge in [0.25, 0.3) is 0 Å². The van der Waals surface area contributed by atoms with E-state index in [1.54, 1.807) is 0 Å². The predicted molar refractivity (Wildman–Crippen MR) is 107 cm³/mol. The first-order chi connectivity index (χ1) is 12.8. The Bertz CT molecular complexity index is 857. The first-order valence-corrected chi connectivity index (χ1v) is 9.35. The fourth-order valence-electron chi connectivity index (χ4n) is 3.78. The number of rotatable bonds is 4. The maximum atomic E-state index is 9.20. The number of hydrogen-bond acceptors (Lipinski definition) is 4. The molecule has 132 valence electrons. The number of nitrogens with zero attached hydrogens (tertiary/aromatic N) is 1. The minimum Gasteiger partial charge on any atom is -0.387 e. The molecule has 0 radical (unpaired) electrons. The molecule has 1 fully saturated rings. The van der Waals surface area contributed by atoms with E-state index in [-0.39, 0.29) is 0 Å². The molecule has 26 heavy (non-hydrogen) atoms. The summed E-state index contributed by atoms with van der Waals surface area (Å²) in [5.41, 5.74) is 6.71. The standard InChI is InChI=1S/C22H24N4/c23-13-17-2-1-3-18(10-17)20-11-19-6-9-25-15-21(19)22(12-20)26-14-16-4-7-24-8-5-16/h1-3,6,9-12,16,24-26H,4-5,7-8,14-15H2. The molecule has 4 heteroatoms. The predicted octanol–water partition coefficient (Wildman–Crippen LogP) is 3.71.